The highest BCUT2D eigenvalue weighted by Crippen LogP contribution is 2.27. The van der Waals surface area contributed by atoms with Crippen molar-refractivity contribution in [3.05, 3.63) is 59.9 Å². The number of morpholine rings is 1. The maximum atomic E-state index is 13.7. The Morgan fingerprint density at radius 3 is 2.50 bits per heavy atom. The van der Waals surface area contributed by atoms with Gasteiger partial charge in [-0.05, 0) is 24.3 Å². The van der Waals surface area contributed by atoms with Gasteiger partial charge in [-0.1, -0.05) is 24.3 Å². The minimum absolute atomic E-state index is 0.0410. The van der Waals surface area contributed by atoms with Crippen LogP contribution in [0.2, 0.25) is 0 Å². The maximum Gasteiger partial charge on any atom is 0.258 e. The summed E-state index contributed by atoms with van der Waals surface area (Å²) >= 11 is 0. The average molecular weight is 300 g/mol. The molecule has 0 spiro atoms. The molecule has 0 aromatic heterocycles. The molecule has 0 radical (unpaired) electrons. The van der Waals surface area contributed by atoms with E-state index in [2.05, 4.69) is 10.2 Å². The van der Waals surface area contributed by atoms with Gasteiger partial charge in [-0.15, -0.1) is 0 Å². The normalized spacial score (nSPS) is 14.7. The monoisotopic (exact) mass is 300 g/mol. The van der Waals surface area contributed by atoms with E-state index in [4.69, 9.17) is 4.74 Å². The van der Waals surface area contributed by atoms with Gasteiger partial charge in [0.15, 0.2) is 0 Å². The third-order valence-corrected chi connectivity index (χ3v) is 3.62. The highest BCUT2D eigenvalue weighted by molar-refractivity contribution is 6.06. The van der Waals surface area contributed by atoms with Gasteiger partial charge in [0.05, 0.1) is 30.2 Å². The first-order chi connectivity index (χ1) is 10.8. The molecule has 0 unspecified atom stereocenters. The summed E-state index contributed by atoms with van der Waals surface area (Å²) in [6.45, 7) is 2.87. The number of amides is 1. The molecule has 3 rings (SSSR count). The minimum atomic E-state index is -0.524. The van der Waals surface area contributed by atoms with Crippen LogP contribution in [0.4, 0.5) is 15.8 Å². The molecular formula is C17H17FN2O2. The Hall–Kier alpha value is -2.40. The molecule has 0 saturated carbocycles. The molecule has 1 aliphatic heterocycles. The Labute approximate surface area is 128 Å². The van der Waals surface area contributed by atoms with E-state index in [0.717, 1.165) is 18.8 Å². The number of hydrogen-bond acceptors (Lipinski definition) is 3. The van der Waals surface area contributed by atoms with E-state index in [9.17, 15) is 9.18 Å². The summed E-state index contributed by atoms with van der Waals surface area (Å²) in [5, 5.41) is 2.80. The number of nitrogens with one attached hydrogen (secondary N) is 1. The standard InChI is InChI=1S/C17H17FN2O2/c18-14-6-2-1-5-13(14)17(21)19-15-7-3-4-8-16(15)20-9-11-22-12-10-20/h1-8H,9-12H2,(H,19,21). The predicted octanol–water partition coefficient (Wildman–Crippen LogP) is 2.91. The number of carbonyl (C=O) groups is 1. The van der Waals surface area contributed by atoms with Crippen molar-refractivity contribution in [3.8, 4) is 0 Å². The van der Waals surface area contributed by atoms with Crippen LogP contribution in [0.1, 0.15) is 10.4 Å². The molecule has 114 valence electrons. The molecule has 22 heavy (non-hydrogen) atoms. The van der Waals surface area contributed by atoms with Gasteiger partial charge in [0, 0.05) is 13.1 Å². The number of anilines is 2. The van der Waals surface area contributed by atoms with Crippen LogP contribution in [0, 0.1) is 5.82 Å². The third kappa shape index (κ3) is 3.09. The molecular weight excluding hydrogens is 283 g/mol. The molecule has 4 nitrogen and oxygen atoms in total. The zero-order valence-electron chi connectivity index (χ0n) is 12.1. The van der Waals surface area contributed by atoms with Crippen LogP contribution in [0.5, 0.6) is 0 Å². The minimum Gasteiger partial charge on any atom is -0.378 e. The first kappa shape index (κ1) is 14.5. The molecule has 5 heteroatoms. The maximum absolute atomic E-state index is 13.7. The van der Waals surface area contributed by atoms with Gasteiger partial charge in [0.1, 0.15) is 5.82 Å². The van der Waals surface area contributed by atoms with Crippen molar-refractivity contribution in [3.63, 3.8) is 0 Å². The Morgan fingerprint density at radius 1 is 1.05 bits per heavy atom. The Morgan fingerprint density at radius 2 is 1.73 bits per heavy atom. The van der Waals surface area contributed by atoms with Gasteiger partial charge < -0.3 is 15.0 Å². The summed E-state index contributed by atoms with van der Waals surface area (Å²) in [5.74, 6) is -0.970. The second-order valence-electron chi connectivity index (χ2n) is 5.05. The third-order valence-electron chi connectivity index (χ3n) is 3.62. The predicted molar refractivity (Wildman–Crippen MR) is 83.8 cm³/mol. The molecule has 1 aliphatic rings. The highest BCUT2D eigenvalue weighted by atomic mass is 19.1. The number of halogens is 1. The lowest BCUT2D eigenvalue weighted by Crippen LogP contribution is -2.36. The Kier molecular flexibility index (Phi) is 4.34. The van der Waals surface area contributed by atoms with Crippen molar-refractivity contribution in [2.24, 2.45) is 0 Å². The first-order valence-electron chi connectivity index (χ1n) is 7.23. The topological polar surface area (TPSA) is 41.6 Å². The lowest BCUT2D eigenvalue weighted by Gasteiger charge is -2.30. The van der Waals surface area contributed by atoms with Gasteiger partial charge in [-0.3, -0.25) is 4.79 Å². The summed E-state index contributed by atoms with van der Waals surface area (Å²) in [4.78, 5) is 14.4. The Bertz CT molecular complexity index is 669. The van der Waals surface area contributed by atoms with Crippen molar-refractivity contribution in [2.75, 3.05) is 36.5 Å². The summed E-state index contributed by atoms with van der Waals surface area (Å²) < 4.78 is 19.1. The molecule has 1 amide bonds. The molecule has 2 aromatic rings. The Balaban J connectivity index is 1.83. The van der Waals surface area contributed by atoms with Gasteiger partial charge in [-0.2, -0.15) is 0 Å². The van der Waals surface area contributed by atoms with E-state index in [1.807, 2.05) is 24.3 Å². The quantitative estimate of drug-likeness (QED) is 0.947. The van der Waals surface area contributed by atoms with Crippen molar-refractivity contribution < 1.29 is 13.9 Å². The molecule has 0 aliphatic carbocycles. The zero-order chi connectivity index (χ0) is 15.4. The smallest absolute Gasteiger partial charge is 0.258 e. The van der Waals surface area contributed by atoms with Crippen molar-refractivity contribution in [1.29, 1.82) is 0 Å². The van der Waals surface area contributed by atoms with Crippen LogP contribution in [0.15, 0.2) is 48.5 Å². The van der Waals surface area contributed by atoms with Gasteiger partial charge >= 0.3 is 0 Å². The number of hydrogen-bond donors (Lipinski definition) is 1. The zero-order valence-corrected chi connectivity index (χ0v) is 12.1. The van der Waals surface area contributed by atoms with Crippen LogP contribution in [0.25, 0.3) is 0 Å². The van der Waals surface area contributed by atoms with E-state index in [1.165, 1.54) is 12.1 Å². The van der Waals surface area contributed by atoms with E-state index in [-0.39, 0.29) is 5.56 Å². The number of nitrogens with zero attached hydrogens (tertiary/aromatic N) is 1. The van der Waals surface area contributed by atoms with Crippen molar-refractivity contribution in [1.82, 2.24) is 0 Å². The highest BCUT2D eigenvalue weighted by Gasteiger charge is 2.17. The summed E-state index contributed by atoms with van der Waals surface area (Å²) in [5.41, 5.74) is 1.65. The SMILES string of the molecule is O=C(Nc1ccccc1N1CCOCC1)c1ccccc1F. The average Bonchev–Trinajstić information content (AvgIpc) is 2.56. The fraction of sp³-hybridized carbons (Fsp3) is 0.235. The number of ether oxygens (including phenoxy) is 1. The van der Waals surface area contributed by atoms with Crippen LogP contribution < -0.4 is 10.2 Å². The van der Waals surface area contributed by atoms with E-state index in [0.29, 0.717) is 18.9 Å². The van der Waals surface area contributed by atoms with E-state index >= 15 is 0 Å². The van der Waals surface area contributed by atoms with E-state index in [1.54, 1.807) is 12.1 Å². The summed E-state index contributed by atoms with van der Waals surface area (Å²) in [6, 6.07) is 13.5. The van der Waals surface area contributed by atoms with E-state index < -0.39 is 11.7 Å². The molecule has 2 aromatic carbocycles. The van der Waals surface area contributed by atoms with Crippen LogP contribution in [0.3, 0.4) is 0 Å². The summed E-state index contributed by atoms with van der Waals surface area (Å²) in [6.07, 6.45) is 0. The first-order valence-corrected chi connectivity index (χ1v) is 7.23. The second-order valence-corrected chi connectivity index (χ2v) is 5.05. The molecule has 1 saturated heterocycles. The lowest BCUT2D eigenvalue weighted by atomic mass is 10.1. The number of para-hydroxylation sites is 2. The van der Waals surface area contributed by atoms with Crippen LogP contribution in [-0.4, -0.2) is 32.2 Å². The van der Waals surface area contributed by atoms with Gasteiger partial charge in [-0.25, -0.2) is 4.39 Å². The molecule has 1 N–H and O–H groups in total. The van der Waals surface area contributed by atoms with Gasteiger partial charge in [0.25, 0.3) is 5.91 Å². The fourth-order valence-electron chi connectivity index (χ4n) is 2.49. The molecule has 0 bridgehead atoms. The second kappa shape index (κ2) is 6.58. The number of carbonyl (C=O) groups excluding carboxylic acids is 1. The van der Waals surface area contributed by atoms with Crippen LogP contribution in [-0.2, 0) is 4.74 Å². The number of benzene rings is 2. The lowest BCUT2D eigenvalue weighted by molar-refractivity contribution is 0.102. The van der Waals surface area contributed by atoms with Crippen LogP contribution >= 0.6 is 0 Å². The van der Waals surface area contributed by atoms with Gasteiger partial charge in [0.2, 0.25) is 0 Å². The largest absolute Gasteiger partial charge is 0.378 e. The molecule has 1 heterocycles. The van der Waals surface area contributed by atoms with Crippen molar-refractivity contribution >= 4 is 17.3 Å². The molecule has 0 atom stereocenters. The molecule has 1 fully saturated rings. The summed E-state index contributed by atoms with van der Waals surface area (Å²) in [7, 11) is 0. The number of rotatable bonds is 3. The fourth-order valence-corrected chi connectivity index (χ4v) is 2.49. The van der Waals surface area contributed by atoms with Crippen molar-refractivity contribution in [2.45, 2.75) is 0 Å².